The van der Waals surface area contributed by atoms with Gasteiger partial charge in [0.15, 0.2) is 0 Å². The first kappa shape index (κ1) is 16.1. The number of ether oxygens (including phenoxy) is 2. The topological polar surface area (TPSA) is 104 Å². The van der Waals surface area contributed by atoms with E-state index in [2.05, 4.69) is 15.4 Å². The first-order valence-electron chi connectivity index (χ1n) is 8.37. The SMILES string of the molecule is COc1cc(C(=O)N2CC[C@H]3OCC[C@@H](c4nnc(C)o4)[C@H]3C2)on1. The first-order valence-corrected chi connectivity index (χ1v) is 8.37. The van der Waals surface area contributed by atoms with Crippen molar-refractivity contribution in [3.05, 3.63) is 23.6 Å². The van der Waals surface area contributed by atoms with Gasteiger partial charge in [0.2, 0.25) is 17.5 Å². The van der Waals surface area contributed by atoms with E-state index in [1.54, 1.807) is 11.8 Å². The van der Waals surface area contributed by atoms with Crippen LogP contribution in [0.25, 0.3) is 0 Å². The molecule has 0 unspecified atom stereocenters. The second kappa shape index (κ2) is 6.47. The van der Waals surface area contributed by atoms with Gasteiger partial charge in [-0.1, -0.05) is 0 Å². The number of methoxy groups -OCH3 is 1. The Morgan fingerprint density at radius 3 is 2.96 bits per heavy atom. The van der Waals surface area contributed by atoms with Crippen molar-refractivity contribution in [3.63, 3.8) is 0 Å². The maximum Gasteiger partial charge on any atom is 0.292 e. The highest BCUT2D eigenvalue weighted by Gasteiger charge is 2.43. The van der Waals surface area contributed by atoms with Crippen LogP contribution in [0.3, 0.4) is 0 Å². The summed E-state index contributed by atoms with van der Waals surface area (Å²) >= 11 is 0. The lowest BCUT2D eigenvalue weighted by molar-refractivity contribution is -0.0755. The van der Waals surface area contributed by atoms with Crippen molar-refractivity contribution in [2.24, 2.45) is 5.92 Å². The molecule has 3 atom stereocenters. The Balaban J connectivity index is 1.52. The zero-order valence-electron chi connectivity index (χ0n) is 14.2. The normalized spacial score (nSPS) is 26.3. The van der Waals surface area contributed by atoms with Gasteiger partial charge in [-0.25, -0.2) is 0 Å². The predicted molar refractivity (Wildman–Crippen MR) is 83.2 cm³/mol. The highest BCUT2D eigenvalue weighted by atomic mass is 16.5. The number of hydrogen-bond donors (Lipinski definition) is 0. The lowest BCUT2D eigenvalue weighted by atomic mass is 9.79. The third kappa shape index (κ3) is 2.99. The molecule has 9 heteroatoms. The van der Waals surface area contributed by atoms with Crippen LogP contribution in [0.5, 0.6) is 5.88 Å². The quantitative estimate of drug-likeness (QED) is 0.820. The van der Waals surface area contributed by atoms with Crippen LogP contribution in [0.1, 0.15) is 41.1 Å². The Bertz CT molecular complexity index is 757. The molecule has 2 aliphatic heterocycles. The highest BCUT2D eigenvalue weighted by Crippen LogP contribution is 2.39. The zero-order chi connectivity index (χ0) is 17.4. The van der Waals surface area contributed by atoms with E-state index in [0.717, 1.165) is 12.8 Å². The van der Waals surface area contributed by atoms with Crippen molar-refractivity contribution in [3.8, 4) is 5.88 Å². The molecule has 9 nitrogen and oxygen atoms in total. The fourth-order valence-corrected chi connectivity index (χ4v) is 3.68. The summed E-state index contributed by atoms with van der Waals surface area (Å²) < 4.78 is 21.6. The molecule has 134 valence electrons. The second-order valence-electron chi connectivity index (χ2n) is 6.40. The van der Waals surface area contributed by atoms with Crippen molar-refractivity contribution in [2.45, 2.75) is 31.8 Å². The van der Waals surface area contributed by atoms with Gasteiger partial charge < -0.3 is 23.3 Å². The number of nitrogens with zero attached hydrogens (tertiary/aromatic N) is 4. The second-order valence-corrected chi connectivity index (χ2v) is 6.40. The number of aryl methyl sites for hydroxylation is 1. The van der Waals surface area contributed by atoms with Crippen molar-refractivity contribution in [2.75, 3.05) is 26.8 Å². The zero-order valence-corrected chi connectivity index (χ0v) is 14.2. The molecule has 2 aliphatic rings. The minimum absolute atomic E-state index is 0.0965. The minimum Gasteiger partial charge on any atom is -0.479 e. The maximum absolute atomic E-state index is 12.7. The Labute approximate surface area is 144 Å². The van der Waals surface area contributed by atoms with Gasteiger partial charge in [-0.05, 0) is 18.0 Å². The fourth-order valence-electron chi connectivity index (χ4n) is 3.68. The molecule has 25 heavy (non-hydrogen) atoms. The van der Waals surface area contributed by atoms with Crippen LogP contribution in [0.15, 0.2) is 15.0 Å². The van der Waals surface area contributed by atoms with Crippen molar-refractivity contribution >= 4 is 5.91 Å². The van der Waals surface area contributed by atoms with Gasteiger partial charge in [-0.3, -0.25) is 4.79 Å². The van der Waals surface area contributed by atoms with Crippen LogP contribution < -0.4 is 4.74 Å². The summed E-state index contributed by atoms with van der Waals surface area (Å²) in [5.41, 5.74) is 0. The van der Waals surface area contributed by atoms with Crippen LogP contribution in [0, 0.1) is 12.8 Å². The molecule has 2 saturated heterocycles. The Kier molecular flexibility index (Phi) is 4.16. The minimum atomic E-state index is -0.194. The van der Waals surface area contributed by atoms with Gasteiger partial charge in [0.25, 0.3) is 11.8 Å². The Morgan fingerprint density at radius 1 is 1.36 bits per heavy atom. The molecule has 4 heterocycles. The standard InChI is InChI=1S/C16H20N4O5/c1-9-17-18-15(24-9)10-4-6-23-12-3-5-20(8-11(10)12)16(21)13-7-14(22-2)19-25-13/h7,10-12H,3-6,8H2,1-2H3/t10-,11-,12-/m1/s1. The number of carbonyl (C=O) groups is 1. The summed E-state index contributed by atoms with van der Waals surface area (Å²) in [5.74, 6) is 1.67. The summed E-state index contributed by atoms with van der Waals surface area (Å²) in [7, 11) is 1.48. The van der Waals surface area contributed by atoms with Crippen LogP contribution in [-0.2, 0) is 4.74 Å². The van der Waals surface area contributed by atoms with Crippen LogP contribution in [0.2, 0.25) is 0 Å². The van der Waals surface area contributed by atoms with Crippen LogP contribution in [0.4, 0.5) is 0 Å². The molecule has 0 radical (unpaired) electrons. The smallest absolute Gasteiger partial charge is 0.292 e. The molecular weight excluding hydrogens is 328 g/mol. The van der Waals surface area contributed by atoms with E-state index in [1.165, 1.54) is 13.2 Å². The maximum atomic E-state index is 12.7. The third-order valence-electron chi connectivity index (χ3n) is 4.92. The average molecular weight is 348 g/mol. The monoisotopic (exact) mass is 348 g/mol. The molecule has 0 bridgehead atoms. The first-order chi connectivity index (χ1) is 12.2. The average Bonchev–Trinajstić information content (AvgIpc) is 3.29. The molecule has 2 aromatic rings. The van der Waals surface area contributed by atoms with Gasteiger partial charge in [-0.2, -0.15) is 0 Å². The van der Waals surface area contributed by atoms with Crippen molar-refractivity contribution in [1.29, 1.82) is 0 Å². The van der Waals surface area contributed by atoms with E-state index in [1.807, 2.05) is 0 Å². The van der Waals surface area contributed by atoms with E-state index < -0.39 is 0 Å². The Hall–Kier alpha value is -2.42. The molecule has 0 aliphatic carbocycles. The molecule has 2 aromatic heterocycles. The number of likely N-dealkylation sites (tertiary alicyclic amines) is 1. The van der Waals surface area contributed by atoms with Crippen molar-refractivity contribution < 1.29 is 23.2 Å². The van der Waals surface area contributed by atoms with E-state index in [9.17, 15) is 4.79 Å². The summed E-state index contributed by atoms with van der Waals surface area (Å²) in [6, 6.07) is 1.50. The third-order valence-corrected chi connectivity index (χ3v) is 4.92. The molecule has 2 fully saturated rings. The largest absolute Gasteiger partial charge is 0.479 e. The van der Waals surface area contributed by atoms with E-state index in [4.69, 9.17) is 18.4 Å². The number of aromatic nitrogens is 3. The summed E-state index contributed by atoms with van der Waals surface area (Å²) in [4.78, 5) is 14.5. The molecule has 0 spiro atoms. The molecule has 0 saturated carbocycles. The molecule has 0 aromatic carbocycles. The molecule has 0 N–H and O–H groups in total. The van der Waals surface area contributed by atoms with E-state index in [0.29, 0.717) is 37.4 Å². The number of fused-ring (bicyclic) bond motifs is 1. The summed E-state index contributed by atoms with van der Waals surface area (Å²) in [5, 5.41) is 11.8. The Morgan fingerprint density at radius 2 is 2.24 bits per heavy atom. The fraction of sp³-hybridized carbons (Fsp3) is 0.625. The van der Waals surface area contributed by atoms with Crippen molar-refractivity contribution in [1.82, 2.24) is 20.3 Å². The number of hydrogen-bond acceptors (Lipinski definition) is 8. The molecule has 4 rings (SSSR count). The number of carbonyl (C=O) groups excluding carboxylic acids is 1. The van der Waals surface area contributed by atoms with Gasteiger partial charge in [0, 0.05) is 38.5 Å². The number of rotatable bonds is 3. The molecule has 1 amide bonds. The van der Waals surface area contributed by atoms with Gasteiger partial charge in [0.1, 0.15) is 0 Å². The number of amides is 1. The lowest BCUT2D eigenvalue weighted by Crippen LogP contribution is -2.51. The predicted octanol–water partition coefficient (Wildman–Crippen LogP) is 1.41. The highest BCUT2D eigenvalue weighted by molar-refractivity contribution is 5.91. The summed E-state index contributed by atoms with van der Waals surface area (Å²) in [6.45, 7) is 3.61. The van der Waals surface area contributed by atoms with Gasteiger partial charge >= 0.3 is 0 Å². The van der Waals surface area contributed by atoms with Gasteiger partial charge in [-0.15, -0.1) is 10.2 Å². The number of piperidine rings is 1. The van der Waals surface area contributed by atoms with E-state index >= 15 is 0 Å². The van der Waals surface area contributed by atoms with Gasteiger partial charge in [0.05, 0.1) is 19.3 Å². The molecular formula is C16H20N4O5. The van der Waals surface area contributed by atoms with Crippen LogP contribution >= 0.6 is 0 Å². The lowest BCUT2D eigenvalue weighted by Gasteiger charge is -2.43. The summed E-state index contributed by atoms with van der Waals surface area (Å²) in [6.07, 6.45) is 1.67. The van der Waals surface area contributed by atoms with E-state index in [-0.39, 0.29) is 29.6 Å². The van der Waals surface area contributed by atoms with Crippen LogP contribution in [-0.4, -0.2) is 59.1 Å².